The van der Waals surface area contributed by atoms with E-state index in [0.29, 0.717) is 18.6 Å². The van der Waals surface area contributed by atoms with E-state index >= 15 is 0 Å². The second-order valence-corrected chi connectivity index (χ2v) is 8.10. The molecule has 0 bridgehead atoms. The van der Waals surface area contributed by atoms with Crippen molar-refractivity contribution in [3.05, 3.63) is 64.1 Å². The Morgan fingerprint density at radius 3 is 2.78 bits per heavy atom. The van der Waals surface area contributed by atoms with Gasteiger partial charge in [-0.1, -0.05) is 24.3 Å². The van der Waals surface area contributed by atoms with E-state index < -0.39 is 15.8 Å². The zero-order valence-corrected chi connectivity index (χ0v) is 15.1. The molecule has 0 saturated carbocycles. The Kier molecular flexibility index (Phi) is 4.33. The molecule has 1 aliphatic rings. The average Bonchev–Trinajstić information content (AvgIpc) is 3.05. The number of amides is 1. The molecule has 3 aromatic rings. The fraction of sp³-hybridized carbons (Fsp3) is 0.222. The highest BCUT2D eigenvalue weighted by Gasteiger charge is 2.23. The van der Waals surface area contributed by atoms with Gasteiger partial charge in [0.2, 0.25) is 15.9 Å². The number of benzene rings is 2. The van der Waals surface area contributed by atoms with Gasteiger partial charge in [0.05, 0.1) is 17.0 Å². The number of carbonyl (C=O) groups is 1. The average molecular weight is 387 g/mol. The predicted octanol–water partition coefficient (Wildman–Crippen LogP) is 0.984. The van der Waals surface area contributed by atoms with Gasteiger partial charge in [-0.25, -0.2) is 17.9 Å². The number of aromatic amines is 1. The van der Waals surface area contributed by atoms with Crippen LogP contribution in [-0.4, -0.2) is 37.3 Å². The Bertz CT molecular complexity index is 1180. The molecule has 0 spiro atoms. The van der Waals surface area contributed by atoms with Gasteiger partial charge in [0.25, 0.3) is 0 Å². The van der Waals surface area contributed by atoms with Crippen molar-refractivity contribution in [3.8, 4) is 0 Å². The van der Waals surface area contributed by atoms with E-state index in [2.05, 4.69) is 9.71 Å². The van der Waals surface area contributed by atoms with Crippen LogP contribution in [0.2, 0.25) is 0 Å². The topological polar surface area (TPSA) is 112 Å². The summed E-state index contributed by atoms with van der Waals surface area (Å²) in [5, 5.41) is 0. The quantitative estimate of drug-likeness (QED) is 0.693. The summed E-state index contributed by atoms with van der Waals surface area (Å²) in [4.78, 5) is 27.6. The number of rotatable bonds is 4. The summed E-state index contributed by atoms with van der Waals surface area (Å²) in [6.07, 6.45) is 0.748. The minimum atomic E-state index is -3.91. The van der Waals surface area contributed by atoms with Crippen molar-refractivity contribution in [2.45, 2.75) is 17.9 Å². The van der Waals surface area contributed by atoms with E-state index in [0.717, 1.165) is 12.0 Å². The number of carbonyl (C=O) groups excluding carboxylic acids is 1. The largest absolute Gasteiger partial charge is 0.417 e. The molecular weight excluding hydrogens is 370 g/mol. The maximum atomic E-state index is 12.5. The lowest BCUT2D eigenvalue weighted by Gasteiger charge is -2.29. The molecule has 2 heterocycles. The Morgan fingerprint density at radius 2 is 1.96 bits per heavy atom. The van der Waals surface area contributed by atoms with Gasteiger partial charge in [0.1, 0.15) is 0 Å². The molecular formula is C18H17N3O5S. The van der Waals surface area contributed by atoms with Crippen molar-refractivity contribution in [2.24, 2.45) is 0 Å². The molecule has 0 fully saturated rings. The predicted molar refractivity (Wildman–Crippen MR) is 97.6 cm³/mol. The SMILES string of the molecule is O=C(CNS(=O)(=O)c1ccc2[nH]c(=O)oc2c1)N1CCc2ccccc2C1. The molecule has 1 aliphatic heterocycles. The molecule has 0 aliphatic carbocycles. The van der Waals surface area contributed by atoms with Crippen LogP contribution in [0, 0.1) is 0 Å². The van der Waals surface area contributed by atoms with Gasteiger partial charge in [-0.05, 0) is 29.7 Å². The van der Waals surface area contributed by atoms with E-state index in [9.17, 15) is 18.0 Å². The fourth-order valence-electron chi connectivity index (χ4n) is 3.15. The van der Waals surface area contributed by atoms with Crippen LogP contribution in [-0.2, 0) is 27.8 Å². The van der Waals surface area contributed by atoms with Crippen molar-refractivity contribution in [3.63, 3.8) is 0 Å². The van der Waals surface area contributed by atoms with Crippen LogP contribution in [0.3, 0.4) is 0 Å². The molecule has 8 nitrogen and oxygen atoms in total. The Balaban J connectivity index is 1.45. The van der Waals surface area contributed by atoms with E-state index in [-0.39, 0.29) is 22.9 Å². The normalized spacial score (nSPS) is 14.3. The monoisotopic (exact) mass is 387 g/mol. The maximum absolute atomic E-state index is 12.5. The number of aromatic nitrogens is 1. The maximum Gasteiger partial charge on any atom is 0.417 e. The lowest BCUT2D eigenvalue weighted by atomic mass is 10.00. The van der Waals surface area contributed by atoms with Gasteiger partial charge in [-0.15, -0.1) is 0 Å². The number of fused-ring (bicyclic) bond motifs is 2. The highest BCUT2D eigenvalue weighted by molar-refractivity contribution is 7.89. The number of nitrogens with one attached hydrogen (secondary N) is 2. The van der Waals surface area contributed by atoms with Gasteiger partial charge in [0.15, 0.2) is 5.58 Å². The Hall–Kier alpha value is -2.91. The van der Waals surface area contributed by atoms with Gasteiger partial charge in [0, 0.05) is 19.2 Å². The van der Waals surface area contributed by atoms with Crippen LogP contribution in [0.5, 0.6) is 0 Å². The van der Waals surface area contributed by atoms with Gasteiger partial charge in [-0.3, -0.25) is 9.78 Å². The molecule has 0 atom stereocenters. The summed E-state index contributed by atoms with van der Waals surface area (Å²) in [5.74, 6) is -0.949. The molecule has 2 N–H and O–H groups in total. The first-order valence-electron chi connectivity index (χ1n) is 8.39. The first kappa shape index (κ1) is 17.5. The summed E-state index contributed by atoms with van der Waals surface area (Å²) in [6, 6.07) is 11.9. The van der Waals surface area contributed by atoms with Gasteiger partial charge in [-0.2, -0.15) is 0 Å². The van der Waals surface area contributed by atoms with E-state index in [4.69, 9.17) is 4.42 Å². The smallest absolute Gasteiger partial charge is 0.408 e. The summed E-state index contributed by atoms with van der Waals surface area (Å²) in [7, 11) is -3.91. The Labute approximate surface area is 154 Å². The number of nitrogens with zero attached hydrogens (tertiary/aromatic N) is 1. The van der Waals surface area contributed by atoms with Crippen molar-refractivity contribution >= 4 is 27.0 Å². The van der Waals surface area contributed by atoms with Crippen LogP contribution in [0.25, 0.3) is 11.1 Å². The second-order valence-electron chi connectivity index (χ2n) is 6.33. The first-order valence-corrected chi connectivity index (χ1v) is 9.88. The standard InChI is InChI=1S/C18H17N3O5S/c22-17(21-8-7-12-3-1-2-4-13(12)11-21)10-19-27(24,25)14-5-6-15-16(9-14)26-18(23)20-15/h1-6,9,19H,7-8,10-11H2,(H,20,23). The van der Waals surface area contributed by atoms with Crippen molar-refractivity contribution in [1.29, 1.82) is 0 Å². The third-order valence-electron chi connectivity index (χ3n) is 4.60. The molecule has 0 saturated heterocycles. The minimum Gasteiger partial charge on any atom is -0.408 e. The van der Waals surface area contributed by atoms with E-state index in [1.165, 1.54) is 23.8 Å². The molecule has 1 amide bonds. The molecule has 4 rings (SSSR count). The minimum absolute atomic E-state index is 0.0745. The highest BCUT2D eigenvalue weighted by Crippen LogP contribution is 2.19. The summed E-state index contributed by atoms with van der Waals surface area (Å²) in [5.41, 5.74) is 2.83. The lowest BCUT2D eigenvalue weighted by Crippen LogP contribution is -2.42. The van der Waals surface area contributed by atoms with Crippen LogP contribution in [0.4, 0.5) is 0 Å². The number of hydrogen-bond donors (Lipinski definition) is 2. The summed E-state index contributed by atoms with van der Waals surface area (Å²) in [6.45, 7) is 0.689. The molecule has 0 unspecified atom stereocenters. The van der Waals surface area contributed by atoms with E-state index in [1.807, 2.05) is 24.3 Å². The zero-order chi connectivity index (χ0) is 19.0. The number of H-pyrrole nitrogens is 1. The Morgan fingerprint density at radius 1 is 1.19 bits per heavy atom. The number of sulfonamides is 1. The first-order chi connectivity index (χ1) is 12.9. The third-order valence-corrected chi connectivity index (χ3v) is 6.00. The molecule has 0 radical (unpaired) electrons. The summed E-state index contributed by atoms with van der Waals surface area (Å²) >= 11 is 0. The molecule has 1 aromatic heterocycles. The number of hydrogen-bond acceptors (Lipinski definition) is 5. The van der Waals surface area contributed by atoms with Crippen molar-refractivity contribution in [2.75, 3.05) is 13.1 Å². The van der Waals surface area contributed by atoms with E-state index in [1.54, 1.807) is 4.90 Å². The third kappa shape index (κ3) is 3.51. The fourth-order valence-corrected chi connectivity index (χ4v) is 4.14. The van der Waals surface area contributed by atoms with Crippen LogP contribution in [0.15, 0.2) is 56.6 Å². The molecule has 140 valence electrons. The highest BCUT2D eigenvalue weighted by atomic mass is 32.2. The molecule has 2 aromatic carbocycles. The van der Waals surface area contributed by atoms with Crippen LogP contribution >= 0.6 is 0 Å². The molecule has 27 heavy (non-hydrogen) atoms. The van der Waals surface area contributed by atoms with Gasteiger partial charge < -0.3 is 9.32 Å². The van der Waals surface area contributed by atoms with Crippen molar-refractivity contribution in [1.82, 2.24) is 14.6 Å². The van der Waals surface area contributed by atoms with Gasteiger partial charge >= 0.3 is 5.76 Å². The molecule has 9 heteroatoms. The lowest BCUT2D eigenvalue weighted by molar-refractivity contribution is -0.130. The summed E-state index contributed by atoms with van der Waals surface area (Å²) < 4.78 is 32.1. The van der Waals surface area contributed by atoms with Crippen LogP contribution in [0.1, 0.15) is 11.1 Å². The number of oxazole rings is 1. The van der Waals surface area contributed by atoms with Crippen LogP contribution < -0.4 is 10.5 Å². The zero-order valence-electron chi connectivity index (χ0n) is 14.3. The second kappa shape index (κ2) is 6.67. The van der Waals surface area contributed by atoms with Crippen molar-refractivity contribution < 1.29 is 17.6 Å².